The van der Waals surface area contributed by atoms with Crippen molar-refractivity contribution in [1.82, 2.24) is 0 Å². The van der Waals surface area contributed by atoms with Gasteiger partial charge < -0.3 is 4.42 Å². The lowest BCUT2D eigenvalue weighted by atomic mass is 10.1. The van der Waals surface area contributed by atoms with E-state index in [0.29, 0.717) is 11.8 Å². The largest absolute Gasteiger partial charge is 0.461 e. The standard InChI is InChI=1S/C12H12Cl2O/c1-8(7-13)4-11-6-9-5-10(14)2-3-12(9)15-11/h2-3,5-6,8H,4,7H2,1H3. The highest BCUT2D eigenvalue weighted by Gasteiger charge is 2.08. The summed E-state index contributed by atoms with van der Waals surface area (Å²) in [7, 11) is 0. The number of hydrogen-bond donors (Lipinski definition) is 0. The minimum atomic E-state index is 0.433. The highest BCUT2D eigenvalue weighted by atomic mass is 35.5. The quantitative estimate of drug-likeness (QED) is 0.723. The summed E-state index contributed by atoms with van der Waals surface area (Å²) < 4.78 is 5.68. The van der Waals surface area contributed by atoms with Gasteiger partial charge in [0, 0.05) is 22.7 Å². The minimum Gasteiger partial charge on any atom is -0.461 e. The van der Waals surface area contributed by atoms with Gasteiger partial charge in [-0.25, -0.2) is 0 Å². The zero-order chi connectivity index (χ0) is 10.8. The monoisotopic (exact) mass is 242 g/mol. The van der Waals surface area contributed by atoms with Crippen LogP contribution in [0.15, 0.2) is 28.7 Å². The maximum atomic E-state index is 5.90. The van der Waals surface area contributed by atoms with Crippen molar-refractivity contribution in [2.45, 2.75) is 13.3 Å². The van der Waals surface area contributed by atoms with E-state index in [4.69, 9.17) is 27.6 Å². The SMILES string of the molecule is CC(CCl)Cc1cc2cc(Cl)ccc2o1. The third-order valence-electron chi connectivity index (χ3n) is 2.34. The molecule has 0 aliphatic heterocycles. The highest BCUT2D eigenvalue weighted by Crippen LogP contribution is 2.24. The Kier molecular flexibility index (Phi) is 3.22. The highest BCUT2D eigenvalue weighted by molar-refractivity contribution is 6.31. The molecule has 3 heteroatoms. The van der Waals surface area contributed by atoms with Gasteiger partial charge in [0.15, 0.2) is 0 Å². The Labute approximate surface area is 99.0 Å². The Balaban J connectivity index is 2.30. The molecule has 80 valence electrons. The number of rotatable bonds is 3. The number of furan rings is 1. The first-order chi connectivity index (χ1) is 7.19. The van der Waals surface area contributed by atoms with E-state index in [0.717, 1.165) is 28.2 Å². The van der Waals surface area contributed by atoms with Crippen LogP contribution < -0.4 is 0 Å². The zero-order valence-electron chi connectivity index (χ0n) is 8.47. The van der Waals surface area contributed by atoms with Crippen molar-refractivity contribution in [2.24, 2.45) is 5.92 Å². The second kappa shape index (κ2) is 4.46. The van der Waals surface area contributed by atoms with Crippen LogP contribution in [0.25, 0.3) is 11.0 Å². The van der Waals surface area contributed by atoms with Gasteiger partial charge in [-0.3, -0.25) is 0 Å². The molecule has 1 heterocycles. The molecule has 1 aromatic carbocycles. The van der Waals surface area contributed by atoms with Crippen LogP contribution >= 0.6 is 23.2 Å². The van der Waals surface area contributed by atoms with Crippen molar-refractivity contribution in [2.75, 3.05) is 5.88 Å². The summed E-state index contributed by atoms with van der Waals surface area (Å²) in [6.45, 7) is 2.10. The van der Waals surface area contributed by atoms with E-state index in [1.165, 1.54) is 0 Å². The first-order valence-electron chi connectivity index (χ1n) is 4.93. The van der Waals surface area contributed by atoms with Gasteiger partial charge in [-0.1, -0.05) is 18.5 Å². The molecule has 2 rings (SSSR count). The molecule has 1 nitrogen and oxygen atoms in total. The van der Waals surface area contributed by atoms with E-state index in [9.17, 15) is 0 Å². The van der Waals surface area contributed by atoms with Gasteiger partial charge in [0.05, 0.1) is 0 Å². The Hall–Kier alpha value is -0.660. The van der Waals surface area contributed by atoms with Gasteiger partial charge in [0.1, 0.15) is 11.3 Å². The van der Waals surface area contributed by atoms with Crippen LogP contribution in [0.3, 0.4) is 0 Å². The number of halogens is 2. The van der Waals surface area contributed by atoms with Crippen molar-refractivity contribution in [3.8, 4) is 0 Å². The summed E-state index contributed by atoms with van der Waals surface area (Å²) in [6, 6.07) is 7.67. The lowest BCUT2D eigenvalue weighted by molar-refractivity contribution is 0.502. The number of fused-ring (bicyclic) bond motifs is 1. The molecular weight excluding hydrogens is 231 g/mol. The Morgan fingerprint density at radius 1 is 1.33 bits per heavy atom. The predicted molar refractivity (Wildman–Crippen MR) is 64.8 cm³/mol. The molecule has 1 aromatic heterocycles. The summed E-state index contributed by atoms with van der Waals surface area (Å²) in [5, 5.41) is 1.79. The van der Waals surface area contributed by atoms with Gasteiger partial charge in [-0.15, -0.1) is 11.6 Å². The van der Waals surface area contributed by atoms with Crippen LogP contribution in [0.4, 0.5) is 0 Å². The number of hydrogen-bond acceptors (Lipinski definition) is 1. The van der Waals surface area contributed by atoms with Gasteiger partial charge in [0.2, 0.25) is 0 Å². The van der Waals surface area contributed by atoms with Gasteiger partial charge in [0.25, 0.3) is 0 Å². The molecule has 0 saturated carbocycles. The van der Waals surface area contributed by atoms with E-state index >= 15 is 0 Å². The third kappa shape index (κ3) is 2.47. The van der Waals surface area contributed by atoms with Crippen LogP contribution in [0.5, 0.6) is 0 Å². The molecule has 0 N–H and O–H groups in total. The summed E-state index contributed by atoms with van der Waals surface area (Å²) in [5.41, 5.74) is 0.885. The molecule has 0 saturated heterocycles. The van der Waals surface area contributed by atoms with Crippen LogP contribution in [-0.2, 0) is 6.42 Å². The van der Waals surface area contributed by atoms with E-state index in [1.807, 2.05) is 24.3 Å². The van der Waals surface area contributed by atoms with E-state index < -0.39 is 0 Å². The number of benzene rings is 1. The van der Waals surface area contributed by atoms with Gasteiger partial charge in [-0.2, -0.15) is 0 Å². The molecule has 0 bridgehead atoms. The maximum absolute atomic E-state index is 5.90. The molecule has 0 aliphatic carbocycles. The fourth-order valence-electron chi connectivity index (χ4n) is 1.57. The van der Waals surface area contributed by atoms with Crippen LogP contribution in [0.2, 0.25) is 5.02 Å². The second-order valence-electron chi connectivity index (χ2n) is 3.86. The smallest absolute Gasteiger partial charge is 0.134 e. The maximum Gasteiger partial charge on any atom is 0.134 e. The van der Waals surface area contributed by atoms with Gasteiger partial charge >= 0.3 is 0 Å². The molecule has 1 unspecified atom stereocenters. The predicted octanol–water partition coefficient (Wildman–Crippen LogP) is 4.50. The van der Waals surface area contributed by atoms with Crippen molar-refractivity contribution in [3.63, 3.8) is 0 Å². The van der Waals surface area contributed by atoms with Crippen molar-refractivity contribution in [1.29, 1.82) is 0 Å². The van der Waals surface area contributed by atoms with E-state index in [1.54, 1.807) is 0 Å². The third-order valence-corrected chi connectivity index (χ3v) is 3.10. The van der Waals surface area contributed by atoms with Gasteiger partial charge in [-0.05, 0) is 30.2 Å². The first kappa shape index (κ1) is 10.8. The number of alkyl halides is 1. The lowest BCUT2D eigenvalue weighted by Crippen LogP contribution is -1.99. The van der Waals surface area contributed by atoms with Crippen LogP contribution in [-0.4, -0.2) is 5.88 Å². The molecule has 15 heavy (non-hydrogen) atoms. The van der Waals surface area contributed by atoms with Crippen molar-refractivity contribution >= 4 is 34.2 Å². The summed E-state index contributed by atoms with van der Waals surface area (Å²) in [6.07, 6.45) is 0.871. The summed E-state index contributed by atoms with van der Waals surface area (Å²) >= 11 is 11.7. The molecule has 0 radical (unpaired) electrons. The molecule has 0 spiro atoms. The van der Waals surface area contributed by atoms with Crippen LogP contribution in [0.1, 0.15) is 12.7 Å². The average Bonchev–Trinajstić information content (AvgIpc) is 2.59. The van der Waals surface area contributed by atoms with E-state index in [2.05, 4.69) is 6.92 Å². The van der Waals surface area contributed by atoms with Crippen LogP contribution in [0, 0.1) is 5.92 Å². The van der Waals surface area contributed by atoms with E-state index in [-0.39, 0.29) is 0 Å². The van der Waals surface area contributed by atoms with Crippen molar-refractivity contribution < 1.29 is 4.42 Å². The lowest BCUT2D eigenvalue weighted by Gasteiger charge is -2.02. The topological polar surface area (TPSA) is 13.1 Å². The minimum absolute atomic E-state index is 0.433. The summed E-state index contributed by atoms with van der Waals surface area (Å²) in [5.74, 6) is 2.06. The molecule has 0 amide bonds. The fourth-order valence-corrected chi connectivity index (χ4v) is 1.86. The summed E-state index contributed by atoms with van der Waals surface area (Å²) in [4.78, 5) is 0. The Bertz CT molecular complexity index is 462. The second-order valence-corrected chi connectivity index (χ2v) is 4.60. The normalized spacial score (nSPS) is 13.3. The Morgan fingerprint density at radius 2 is 2.13 bits per heavy atom. The zero-order valence-corrected chi connectivity index (χ0v) is 9.98. The molecule has 2 aromatic rings. The molecule has 0 aliphatic rings. The fraction of sp³-hybridized carbons (Fsp3) is 0.333. The molecule has 0 fully saturated rings. The average molecular weight is 243 g/mol. The molecular formula is C12H12Cl2O. The molecule has 1 atom stereocenters. The van der Waals surface area contributed by atoms with Crippen molar-refractivity contribution in [3.05, 3.63) is 35.0 Å². The first-order valence-corrected chi connectivity index (χ1v) is 5.84. The Morgan fingerprint density at radius 3 is 2.87 bits per heavy atom.